The number of aromatic nitrogens is 6. The average molecular weight is 274 g/mol. The summed E-state index contributed by atoms with van der Waals surface area (Å²) in [5, 5.41) is 19.9. The van der Waals surface area contributed by atoms with Crippen LogP contribution in [0, 0.1) is 0 Å². The summed E-state index contributed by atoms with van der Waals surface area (Å²) in [7, 11) is 0. The van der Waals surface area contributed by atoms with Gasteiger partial charge in [0.2, 0.25) is 0 Å². The Morgan fingerprint density at radius 1 is 1.30 bits per heavy atom. The van der Waals surface area contributed by atoms with Crippen molar-refractivity contribution in [3.63, 3.8) is 0 Å². The summed E-state index contributed by atoms with van der Waals surface area (Å²) in [6.07, 6.45) is 6.18. The van der Waals surface area contributed by atoms with Crippen LogP contribution in [0.5, 0.6) is 0 Å². The maximum Gasteiger partial charge on any atom is 0.358 e. The van der Waals surface area contributed by atoms with E-state index in [1.54, 1.807) is 24.7 Å². The van der Waals surface area contributed by atoms with Crippen LogP contribution in [0.15, 0.2) is 35.6 Å². The zero-order chi connectivity index (χ0) is 14.1. The lowest BCUT2D eigenvalue weighted by atomic mass is 10.4. The van der Waals surface area contributed by atoms with Crippen LogP contribution in [0.1, 0.15) is 10.5 Å². The van der Waals surface area contributed by atoms with E-state index < -0.39 is 5.97 Å². The lowest BCUT2D eigenvalue weighted by molar-refractivity contribution is 0.0690. The van der Waals surface area contributed by atoms with E-state index in [2.05, 4.69) is 15.4 Å². The van der Waals surface area contributed by atoms with Crippen LogP contribution < -0.4 is 5.56 Å². The molecule has 9 heteroatoms. The van der Waals surface area contributed by atoms with Crippen molar-refractivity contribution < 1.29 is 9.90 Å². The highest BCUT2D eigenvalue weighted by Gasteiger charge is 2.08. The molecule has 3 aromatic rings. The van der Waals surface area contributed by atoms with E-state index in [0.717, 1.165) is 0 Å². The maximum atomic E-state index is 12.1. The van der Waals surface area contributed by atoms with E-state index in [4.69, 9.17) is 5.11 Å². The van der Waals surface area contributed by atoms with E-state index in [0.29, 0.717) is 18.6 Å². The fourth-order valence-corrected chi connectivity index (χ4v) is 1.85. The molecular formula is C11H10N6O3. The molecule has 9 nitrogen and oxygen atoms in total. The maximum absolute atomic E-state index is 12.1. The second kappa shape index (κ2) is 4.61. The molecule has 102 valence electrons. The minimum Gasteiger partial charge on any atom is -0.476 e. The summed E-state index contributed by atoms with van der Waals surface area (Å²) < 4.78 is 4.40. The molecule has 0 aliphatic carbocycles. The molecule has 3 rings (SSSR count). The van der Waals surface area contributed by atoms with Crippen molar-refractivity contribution in [1.29, 1.82) is 0 Å². The molecule has 0 saturated heterocycles. The van der Waals surface area contributed by atoms with Gasteiger partial charge in [0, 0.05) is 18.9 Å². The normalized spacial score (nSPS) is 11.0. The van der Waals surface area contributed by atoms with Gasteiger partial charge >= 0.3 is 5.97 Å². The molecular weight excluding hydrogens is 264 g/mol. The minimum absolute atomic E-state index is 0.122. The molecule has 0 fully saturated rings. The first kappa shape index (κ1) is 12.1. The number of hydrogen-bond donors (Lipinski definition) is 1. The predicted molar refractivity (Wildman–Crippen MR) is 66.4 cm³/mol. The van der Waals surface area contributed by atoms with Crippen LogP contribution in [0.2, 0.25) is 0 Å². The lowest BCUT2D eigenvalue weighted by Crippen LogP contribution is -2.23. The smallest absolute Gasteiger partial charge is 0.358 e. The first-order valence-electron chi connectivity index (χ1n) is 5.81. The van der Waals surface area contributed by atoms with Gasteiger partial charge in [-0.3, -0.25) is 4.79 Å². The number of aromatic carboxylic acids is 1. The second-order valence-corrected chi connectivity index (χ2v) is 4.13. The summed E-state index contributed by atoms with van der Waals surface area (Å²) in [6, 6.07) is 1.64. The van der Waals surface area contributed by atoms with E-state index in [1.807, 2.05) is 0 Å². The molecule has 0 spiro atoms. The van der Waals surface area contributed by atoms with Crippen LogP contribution >= 0.6 is 0 Å². The van der Waals surface area contributed by atoms with E-state index in [-0.39, 0.29) is 11.3 Å². The number of nitrogens with zero attached hydrogens (tertiary/aromatic N) is 6. The SMILES string of the molecule is O=C(O)c1cn(CCn2ccn3nccc3c2=O)nn1. The van der Waals surface area contributed by atoms with Gasteiger partial charge in [-0.15, -0.1) is 5.10 Å². The van der Waals surface area contributed by atoms with Gasteiger partial charge < -0.3 is 9.67 Å². The Kier molecular flexibility index (Phi) is 2.78. The standard InChI is InChI=1S/C11H10N6O3/c18-10-9-1-2-12-17(9)6-4-15(10)3-5-16-7-8(11(19)20)13-14-16/h1-2,4,6-7H,3,5H2,(H,19,20). The van der Waals surface area contributed by atoms with Crippen LogP contribution in [0.25, 0.3) is 5.52 Å². The summed E-state index contributed by atoms with van der Waals surface area (Å²) >= 11 is 0. The topological polar surface area (TPSA) is 107 Å². The number of hydrogen-bond acceptors (Lipinski definition) is 5. The third-order valence-electron chi connectivity index (χ3n) is 2.87. The van der Waals surface area contributed by atoms with Crippen LogP contribution in [0.3, 0.4) is 0 Å². The third-order valence-corrected chi connectivity index (χ3v) is 2.87. The van der Waals surface area contributed by atoms with Gasteiger partial charge in [-0.05, 0) is 6.07 Å². The van der Waals surface area contributed by atoms with Gasteiger partial charge in [-0.25, -0.2) is 14.0 Å². The molecule has 3 aromatic heterocycles. The summed E-state index contributed by atoms with van der Waals surface area (Å²) in [5.74, 6) is -1.13. The van der Waals surface area contributed by atoms with Crippen LogP contribution in [-0.4, -0.2) is 40.3 Å². The molecule has 0 aliphatic rings. The Morgan fingerprint density at radius 3 is 2.90 bits per heavy atom. The number of carboxylic acids is 1. The first-order valence-corrected chi connectivity index (χ1v) is 5.81. The van der Waals surface area contributed by atoms with Crippen molar-refractivity contribution >= 4 is 11.5 Å². The predicted octanol–water partition coefficient (Wildman–Crippen LogP) is -0.514. The molecule has 0 saturated carbocycles. The fraction of sp³-hybridized carbons (Fsp3) is 0.182. The molecule has 0 atom stereocenters. The van der Waals surface area contributed by atoms with Gasteiger partial charge in [-0.1, -0.05) is 5.21 Å². The van der Waals surface area contributed by atoms with Gasteiger partial charge in [0.25, 0.3) is 5.56 Å². The first-order chi connectivity index (χ1) is 9.65. The van der Waals surface area contributed by atoms with Crippen molar-refractivity contribution in [1.82, 2.24) is 29.2 Å². The summed E-state index contributed by atoms with van der Waals surface area (Å²) in [6.45, 7) is 0.716. The molecule has 0 amide bonds. The van der Waals surface area contributed by atoms with E-state index in [1.165, 1.54) is 20.0 Å². The number of fused-ring (bicyclic) bond motifs is 1. The molecule has 20 heavy (non-hydrogen) atoms. The van der Waals surface area contributed by atoms with Gasteiger partial charge in [0.05, 0.1) is 18.9 Å². The van der Waals surface area contributed by atoms with Gasteiger partial charge in [0.1, 0.15) is 5.52 Å². The van der Waals surface area contributed by atoms with Crippen molar-refractivity contribution in [3.05, 3.63) is 46.9 Å². The van der Waals surface area contributed by atoms with Crippen molar-refractivity contribution in [3.8, 4) is 0 Å². The quantitative estimate of drug-likeness (QED) is 0.686. The van der Waals surface area contributed by atoms with E-state index >= 15 is 0 Å². The zero-order valence-corrected chi connectivity index (χ0v) is 10.2. The Hall–Kier alpha value is -2.97. The highest BCUT2D eigenvalue weighted by molar-refractivity contribution is 5.84. The summed E-state index contributed by atoms with van der Waals surface area (Å²) in [4.78, 5) is 22.8. The van der Waals surface area contributed by atoms with Crippen LogP contribution in [0.4, 0.5) is 0 Å². The Balaban J connectivity index is 1.81. The largest absolute Gasteiger partial charge is 0.476 e. The molecule has 0 bridgehead atoms. The van der Waals surface area contributed by atoms with Crippen molar-refractivity contribution in [2.45, 2.75) is 13.1 Å². The number of carbonyl (C=O) groups is 1. The molecule has 3 heterocycles. The Labute approximate surface area is 111 Å². The molecule has 0 aliphatic heterocycles. The molecule has 0 unspecified atom stereocenters. The Bertz CT molecular complexity index is 830. The van der Waals surface area contributed by atoms with Crippen LogP contribution in [-0.2, 0) is 13.1 Å². The number of rotatable bonds is 4. The molecule has 0 radical (unpaired) electrons. The van der Waals surface area contributed by atoms with Gasteiger partial charge in [0.15, 0.2) is 5.69 Å². The highest BCUT2D eigenvalue weighted by Crippen LogP contribution is 1.96. The molecule has 1 N–H and O–H groups in total. The van der Waals surface area contributed by atoms with Gasteiger partial charge in [-0.2, -0.15) is 5.10 Å². The lowest BCUT2D eigenvalue weighted by Gasteiger charge is -2.05. The monoisotopic (exact) mass is 274 g/mol. The highest BCUT2D eigenvalue weighted by atomic mass is 16.4. The number of aryl methyl sites for hydroxylation is 2. The van der Waals surface area contributed by atoms with E-state index in [9.17, 15) is 9.59 Å². The molecule has 0 aromatic carbocycles. The third kappa shape index (κ3) is 2.05. The number of carboxylic acid groups (broad SMARTS) is 1. The fourth-order valence-electron chi connectivity index (χ4n) is 1.85. The van der Waals surface area contributed by atoms with Crippen molar-refractivity contribution in [2.75, 3.05) is 0 Å². The second-order valence-electron chi connectivity index (χ2n) is 4.13. The van der Waals surface area contributed by atoms with Crippen molar-refractivity contribution in [2.24, 2.45) is 0 Å². The average Bonchev–Trinajstić information content (AvgIpc) is 3.07. The summed E-state index contributed by atoms with van der Waals surface area (Å²) in [5.41, 5.74) is 0.199. The zero-order valence-electron chi connectivity index (χ0n) is 10.2. The Morgan fingerprint density at radius 2 is 2.15 bits per heavy atom. The minimum atomic E-state index is -1.13.